The zero-order valence-corrected chi connectivity index (χ0v) is 11.4. The molecule has 0 aromatic heterocycles. The molecule has 0 saturated heterocycles. The van der Waals surface area contributed by atoms with Crippen molar-refractivity contribution in [2.45, 2.75) is 6.10 Å². The van der Waals surface area contributed by atoms with Crippen molar-refractivity contribution < 1.29 is 14.5 Å². The molecule has 0 bridgehead atoms. The molecule has 0 aliphatic carbocycles. The van der Waals surface area contributed by atoms with E-state index in [0.29, 0.717) is 16.8 Å². The third-order valence-electron chi connectivity index (χ3n) is 3.33. The van der Waals surface area contributed by atoms with Crippen LogP contribution in [0.1, 0.15) is 22.0 Å². The van der Waals surface area contributed by atoms with Crippen LogP contribution in [0.15, 0.2) is 66.5 Å². The van der Waals surface area contributed by atoms with Gasteiger partial charge in [0, 0.05) is 11.3 Å². The van der Waals surface area contributed by atoms with Gasteiger partial charge in [-0.3, -0.25) is 10.1 Å². The molecule has 1 aliphatic rings. The zero-order valence-electron chi connectivity index (χ0n) is 11.4. The fraction of sp³-hybridized carbons (Fsp3) is 0.0625. The molecule has 2 aromatic rings. The van der Waals surface area contributed by atoms with E-state index in [-0.39, 0.29) is 5.70 Å². The number of esters is 1. The molecule has 6 heteroatoms. The highest BCUT2D eigenvalue weighted by atomic mass is 16.6. The summed E-state index contributed by atoms with van der Waals surface area (Å²) in [6, 6.07) is 15.7. The van der Waals surface area contributed by atoms with Crippen molar-refractivity contribution in [1.82, 2.24) is 0 Å². The van der Waals surface area contributed by atoms with Crippen LogP contribution in [0.4, 0.5) is 5.69 Å². The third-order valence-corrected chi connectivity index (χ3v) is 3.33. The van der Waals surface area contributed by atoms with E-state index >= 15 is 0 Å². The van der Waals surface area contributed by atoms with Gasteiger partial charge in [-0.2, -0.15) is 0 Å². The number of benzene rings is 2. The Morgan fingerprint density at radius 3 is 2.55 bits per heavy atom. The Balaban J connectivity index is 1.93. The van der Waals surface area contributed by atoms with Gasteiger partial charge in [-0.15, -0.1) is 0 Å². The Morgan fingerprint density at radius 1 is 1.14 bits per heavy atom. The number of anilines is 1. The molecule has 1 atom stereocenters. The molecule has 0 fully saturated rings. The van der Waals surface area contributed by atoms with Gasteiger partial charge >= 0.3 is 11.7 Å². The third kappa shape index (κ3) is 2.54. The lowest BCUT2D eigenvalue weighted by Gasteiger charge is -2.08. The predicted molar refractivity (Wildman–Crippen MR) is 79.7 cm³/mol. The summed E-state index contributed by atoms with van der Waals surface area (Å²) in [6.45, 7) is 0. The Labute approximate surface area is 126 Å². The van der Waals surface area contributed by atoms with Gasteiger partial charge in [-0.1, -0.05) is 36.4 Å². The summed E-state index contributed by atoms with van der Waals surface area (Å²) in [5.74, 6) is -0.548. The second-order valence-corrected chi connectivity index (χ2v) is 4.71. The number of carbonyl (C=O) groups excluding carboxylic acids is 1. The van der Waals surface area contributed by atoms with E-state index in [0.717, 1.165) is 0 Å². The average Bonchev–Trinajstić information content (AvgIpc) is 2.86. The topological polar surface area (TPSA) is 81.5 Å². The van der Waals surface area contributed by atoms with Crippen molar-refractivity contribution in [2.24, 2.45) is 0 Å². The van der Waals surface area contributed by atoms with Crippen molar-refractivity contribution in [3.63, 3.8) is 0 Å². The van der Waals surface area contributed by atoms with E-state index in [4.69, 9.17) is 4.74 Å². The van der Waals surface area contributed by atoms with E-state index < -0.39 is 17.0 Å². The first-order valence-corrected chi connectivity index (χ1v) is 6.63. The van der Waals surface area contributed by atoms with Crippen LogP contribution < -0.4 is 5.32 Å². The van der Waals surface area contributed by atoms with Crippen molar-refractivity contribution in [1.29, 1.82) is 0 Å². The van der Waals surface area contributed by atoms with Gasteiger partial charge in [0.2, 0.25) is 6.10 Å². The van der Waals surface area contributed by atoms with E-state index in [9.17, 15) is 14.9 Å². The van der Waals surface area contributed by atoms with Crippen LogP contribution in [0.5, 0.6) is 0 Å². The lowest BCUT2D eigenvalue weighted by Crippen LogP contribution is -2.12. The molecule has 6 nitrogen and oxygen atoms in total. The summed E-state index contributed by atoms with van der Waals surface area (Å²) in [5, 5.41) is 14.2. The lowest BCUT2D eigenvalue weighted by atomic mass is 10.0. The molecule has 0 amide bonds. The number of ether oxygens (including phenoxy) is 1. The van der Waals surface area contributed by atoms with E-state index in [1.807, 2.05) is 18.2 Å². The molecule has 0 unspecified atom stereocenters. The molecule has 1 heterocycles. The molecule has 0 saturated carbocycles. The van der Waals surface area contributed by atoms with Crippen LogP contribution in [-0.4, -0.2) is 10.9 Å². The number of rotatable bonds is 4. The van der Waals surface area contributed by atoms with Crippen LogP contribution in [0, 0.1) is 10.1 Å². The van der Waals surface area contributed by atoms with Gasteiger partial charge in [0.1, 0.15) is 0 Å². The number of nitrogens with zero attached hydrogens (tertiary/aromatic N) is 1. The van der Waals surface area contributed by atoms with Crippen molar-refractivity contribution in [3.05, 3.63) is 87.7 Å². The van der Waals surface area contributed by atoms with Gasteiger partial charge < -0.3 is 10.1 Å². The molecule has 2 aromatic carbocycles. The SMILES string of the molecule is O=C1O[C@@H](/C(=C\Nc2ccccc2)[N+](=O)[O-])c2ccccc21. The molecule has 1 aliphatic heterocycles. The number of para-hydroxylation sites is 1. The quantitative estimate of drug-likeness (QED) is 0.532. The normalized spacial score (nSPS) is 16.8. The number of carbonyl (C=O) groups is 1. The summed E-state index contributed by atoms with van der Waals surface area (Å²) in [7, 11) is 0. The summed E-state index contributed by atoms with van der Waals surface area (Å²) < 4.78 is 5.15. The summed E-state index contributed by atoms with van der Waals surface area (Å²) in [4.78, 5) is 22.6. The van der Waals surface area contributed by atoms with Crippen molar-refractivity contribution in [3.8, 4) is 0 Å². The minimum absolute atomic E-state index is 0.220. The van der Waals surface area contributed by atoms with Crippen molar-refractivity contribution in [2.75, 3.05) is 5.32 Å². The molecule has 3 rings (SSSR count). The maximum atomic E-state index is 11.8. The maximum absolute atomic E-state index is 11.8. The predicted octanol–water partition coefficient (Wildman–Crippen LogP) is 3.13. The van der Waals surface area contributed by atoms with E-state index in [1.54, 1.807) is 36.4 Å². The van der Waals surface area contributed by atoms with Gasteiger partial charge in [0.25, 0.3) is 0 Å². The van der Waals surface area contributed by atoms with Crippen LogP contribution in [0.3, 0.4) is 0 Å². The molecule has 0 spiro atoms. The first-order chi connectivity index (χ1) is 10.7. The van der Waals surface area contributed by atoms with Crippen LogP contribution in [0.25, 0.3) is 0 Å². The first-order valence-electron chi connectivity index (χ1n) is 6.63. The average molecular weight is 296 g/mol. The van der Waals surface area contributed by atoms with Crippen LogP contribution >= 0.6 is 0 Å². The van der Waals surface area contributed by atoms with Gasteiger partial charge in [0.15, 0.2) is 0 Å². The van der Waals surface area contributed by atoms with Gasteiger partial charge in [0.05, 0.1) is 16.7 Å². The van der Waals surface area contributed by atoms with E-state index in [2.05, 4.69) is 5.32 Å². The largest absolute Gasteiger partial charge is 0.442 e. The van der Waals surface area contributed by atoms with Gasteiger partial charge in [-0.25, -0.2) is 4.79 Å². The highest BCUT2D eigenvalue weighted by Gasteiger charge is 2.39. The molecule has 22 heavy (non-hydrogen) atoms. The first kappa shape index (κ1) is 13.8. The molecular formula is C16H12N2O4. The summed E-state index contributed by atoms with van der Waals surface area (Å²) in [6.07, 6.45) is 0.255. The highest BCUT2D eigenvalue weighted by molar-refractivity contribution is 5.94. The van der Waals surface area contributed by atoms with Crippen LogP contribution in [0.2, 0.25) is 0 Å². The Morgan fingerprint density at radius 2 is 1.82 bits per heavy atom. The number of fused-ring (bicyclic) bond motifs is 1. The number of nitrogens with one attached hydrogen (secondary N) is 1. The maximum Gasteiger partial charge on any atom is 0.339 e. The highest BCUT2D eigenvalue weighted by Crippen LogP contribution is 2.35. The smallest absolute Gasteiger partial charge is 0.339 e. The summed E-state index contributed by atoms with van der Waals surface area (Å²) >= 11 is 0. The second-order valence-electron chi connectivity index (χ2n) is 4.71. The van der Waals surface area contributed by atoms with Gasteiger partial charge in [-0.05, 0) is 18.2 Å². The fourth-order valence-corrected chi connectivity index (χ4v) is 2.28. The van der Waals surface area contributed by atoms with Crippen LogP contribution in [-0.2, 0) is 4.74 Å². The zero-order chi connectivity index (χ0) is 15.5. The number of nitro groups is 1. The Kier molecular flexibility index (Phi) is 3.57. The lowest BCUT2D eigenvalue weighted by molar-refractivity contribution is -0.436. The number of cyclic esters (lactones) is 1. The molecule has 0 radical (unpaired) electrons. The molecular weight excluding hydrogens is 284 g/mol. The second kappa shape index (κ2) is 5.69. The fourth-order valence-electron chi connectivity index (χ4n) is 2.28. The number of hydrogen-bond donors (Lipinski definition) is 1. The summed E-state index contributed by atoms with van der Waals surface area (Å²) in [5.41, 5.74) is 1.35. The minimum atomic E-state index is -1.00. The monoisotopic (exact) mass is 296 g/mol. The number of hydrogen-bond acceptors (Lipinski definition) is 5. The molecule has 110 valence electrons. The Hall–Kier alpha value is -3.15. The molecule has 1 N–H and O–H groups in total. The standard InChI is InChI=1S/C16H12N2O4/c19-16-13-9-5-4-8-12(13)15(22-16)14(18(20)21)10-17-11-6-2-1-3-7-11/h1-10,15,17H/b14-10+/t15-/m1/s1. The van der Waals surface area contributed by atoms with Crippen molar-refractivity contribution >= 4 is 11.7 Å². The minimum Gasteiger partial charge on any atom is -0.442 e. The van der Waals surface area contributed by atoms with E-state index in [1.165, 1.54) is 6.20 Å². The Bertz CT molecular complexity index is 756.